The second-order valence-corrected chi connectivity index (χ2v) is 8.45. The number of rotatable bonds is 7. The number of methoxy groups -OCH3 is 3. The van der Waals surface area contributed by atoms with Gasteiger partial charge in [0.1, 0.15) is 0 Å². The topological polar surface area (TPSA) is 66.6 Å². The van der Waals surface area contributed by atoms with E-state index in [2.05, 4.69) is 55.2 Å². The largest absolute Gasteiger partial charge is 0.493 e. The lowest BCUT2D eigenvalue weighted by Gasteiger charge is -2.19. The van der Waals surface area contributed by atoms with Crippen LogP contribution in [0.5, 0.6) is 17.2 Å². The molecule has 1 heterocycles. The smallest absolute Gasteiger partial charge is 0.277 e. The summed E-state index contributed by atoms with van der Waals surface area (Å²) in [6.45, 7) is 6.62. The van der Waals surface area contributed by atoms with Crippen LogP contribution in [0.2, 0.25) is 0 Å². The molecule has 0 N–H and O–H groups in total. The van der Waals surface area contributed by atoms with Crippen molar-refractivity contribution in [2.75, 3.05) is 21.3 Å². The second-order valence-electron chi connectivity index (χ2n) is 7.52. The van der Waals surface area contributed by atoms with Gasteiger partial charge in [-0.15, -0.1) is 10.2 Å². The fourth-order valence-electron chi connectivity index (χ4n) is 2.84. The maximum absolute atomic E-state index is 5.83. The van der Waals surface area contributed by atoms with Gasteiger partial charge in [0.25, 0.3) is 5.22 Å². The Kier molecular flexibility index (Phi) is 6.37. The van der Waals surface area contributed by atoms with Crippen molar-refractivity contribution in [1.29, 1.82) is 0 Å². The Hall–Kier alpha value is -2.67. The molecule has 3 rings (SSSR count). The maximum Gasteiger partial charge on any atom is 0.277 e. The molecule has 0 aliphatic carbocycles. The number of benzene rings is 2. The van der Waals surface area contributed by atoms with Gasteiger partial charge in [-0.25, -0.2) is 0 Å². The molecule has 0 spiro atoms. The molecular weight excluding hydrogens is 388 g/mol. The van der Waals surface area contributed by atoms with Gasteiger partial charge >= 0.3 is 0 Å². The summed E-state index contributed by atoms with van der Waals surface area (Å²) in [7, 11) is 4.71. The molecule has 0 aliphatic rings. The van der Waals surface area contributed by atoms with Crippen LogP contribution in [0.4, 0.5) is 0 Å². The van der Waals surface area contributed by atoms with E-state index in [1.54, 1.807) is 33.5 Å². The zero-order valence-corrected chi connectivity index (χ0v) is 18.4. The van der Waals surface area contributed by atoms with Crippen LogP contribution >= 0.6 is 11.8 Å². The van der Waals surface area contributed by atoms with Gasteiger partial charge in [-0.05, 0) is 28.7 Å². The van der Waals surface area contributed by atoms with Crippen molar-refractivity contribution in [3.63, 3.8) is 0 Å². The first-order chi connectivity index (χ1) is 13.9. The summed E-state index contributed by atoms with van der Waals surface area (Å²) in [5.74, 6) is 2.74. The van der Waals surface area contributed by atoms with E-state index in [-0.39, 0.29) is 5.41 Å². The second kappa shape index (κ2) is 8.78. The standard InChI is InChI=1S/C22H26N2O4S/c1-22(2,3)16-9-7-14(8-10-16)13-29-21-24-23-20(28-21)15-11-17(25-4)19(27-6)18(12-15)26-5/h7-12H,13H2,1-6H3. The van der Waals surface area contributed by atoms with Gasteiger partial charge in [-0.1, -0.05) is 56.8 Å². The number of nitrogens with zero attached hydrogens (tertiary/aromatic N) is 2. The van der Waals surface area contributed by atoms with Gasteiger partial charge in [0.15, 0.2) is 11.5 Å². The highest BCUT2D eigenvalue weighted by Gasteiger charge is 2.18. The third-order valence-corrected chi connectivity index (χ3v) is 5.39. The van der Waals surface area contributed by atoms with Crippen LogP contribution in [0.1, 0.15) is 31.9 Å². The molecule has 0 saturated carbocycles. The molecule has 1 aromatic heterocycles. The van der Waals surface area contributed by atoms with Crippen molar-refractivity contribution >= 4 is 11.8 Å². The van der Waals surface area contributed by atoms with E-state index in [1.807, 2.05) is 0 Å². The van der Waals surface area contributed by atoms with Crippen molar-refractivity contribution < 1.29 is 18.6 Å². The number of ether oxygens (including phenoxy) is 3. The van der Waals surface area contributed by atoms with Gasteiger partial charge in [-0.3, -0.25) is 0 Å². The molecule has 0 aliphatic heterocycles. The monoisotopic (exact) mass is 414 g/mol. The van der Waals surface area contributed by atoms with Crippen molar-refractivity contribution in [2.24, 2.45) is 0 Å². The van der Waals surface area contributed by atoms with E-state index in [0.717, 1.165) is 5.75 Å². The van der Waals surface area contributed by atoms with Crippen LogP contribution < -0.4 is 14.2 Å². The van der Waals surface area contributed by atoms with Crippen molar-refractivity contribution in [3.8, 4) is 28.7 Å². The summed E-state index contributed by atoms with van der Waals surface area (Å²) in [6, 6.07) is 12.2. The molecule has 3 aromatic rings. The Labute approximate surface area is 175 Å². The van der Waals surface area contributed by atoms with Gasteiger partial charge in [0.05, 0.1) is 21.3 Å². The van der Waals surface area contributed by atoms with E-state index in [1.165, 1.54) is 22.9 Å². The molecule has 154 valence electrons. The summed E-state index contributed by atoms with van der Waals surface area (Å²) in [5, 5.41) is 8.82. The molecule has 7 heteroatoms. The minimum Gasteiger partial charge on any atom is -0.493 e. The van der Waals surface area contributed by atoms with Crippen LogP contribution in [-0.2, 0) is 11.2 Å². The van der Waals surface area contributed by atoms with Crippen LogP contribution in [-0.4, -0.2) is 31.5 Å². The molecular formula is C22H26N2O4S. The quantitative estimate of drug-likeness (QED) is 0.483. The van der Waals surface area contributed by atoms with E-state index in [4.69, 9.17) is 18.6 Å². The fourth-order valence-corrected chi connectivity index (χ4v) is 3.55. The predicted molar refractivity (Wildman–Crippen MR) is 114 cm³/mol. The minimum absolute atomic E-state index is 0.146. The Morgan fingerprint density at radius 2 is 1.52 bits per heavy atom. The molecule has 0 fully saturated rings. The van der Waals surface area contributed by atoms with Gasteiger partial charge < -0.3 is 18.6 Å². The summed E-state index contributed by atoms with van der Waals surface area (Å²) >= 11 is 1.50. The molecule has 0 saturated heterocycles. The fraction of sp³-hybridized carbons (Fsp3) is 0.364. The number of hydrogen-bond donors (Lipinski definition) is 0. The van der Waals surface area contributed by atoms with Gasteiger partial charge in [0, 0.05) is 11.3 Å². The molecule has 0 radical (unpaired) electrons. The normalized spacial score (nSPS) is 11.4. The van der Waals surface area contributed by atoms with Gasteiger partial charge in [-0.2, -0.15) is 0 Å². The SMILES string of the molecule is COc1cc(-c2nnc(SCc3ccc(C(C)(C)C)cc3)o2)cc(OC)c1OC. The van der Waals surface area contributed by atoms with Crippen LogP contribution in [0.3, 0.4) is 0 Å². The highest BCUT2D eigenvalue weighted by molar-refractivity contribution is 7.98. The van der Waals surface area contributed by atoms with E-state index in [0.29, 0.717) is 33.9 Å². The van der Waals surface area contributed by atoms with E-state index in [9.17, 15) is 0 Å². The lowest BCUT2D eigenvalue weighted by molar-refractivity contribution is 0.324. The molecule has 0 bridgehead atoms. The molecule has 6 nitrogen and oxygen atoms in total. The van der Waals surface area contributed by atoms with Crippen LogP contribution in [0, 0.1) is 0 Å². The summed E-state index contributed by atoms with van der Waals surface area (Å²) in [4.78, 5) is 0. The first kappa shape index (κ1) is 21.0. The van der Waals surface area contributed by atoms with Gasteiger partial charge in [0.2, 0.25) is 11.6 Å². The highest BCUT2D eigenvalue weighted by Crippen LogP contribution is 2.41. The van der Waals surface area contributed by atoms with E-state index < -0.39 is 0 Å². The lowest BCUT2D eigenvalue weighted by atomic mass is 9.87. The first-order valence-electron chi connectivity index (χ1n) is 9.21. The predicted octanol–water partition coefficient (Wildman–Crippen LogP) is 5.35. The molecule has 2 aromatic carbocycles. The summed E-state index contributed by atoms with van der Waals surface area (Å²) in [5.41, 5.74) is 3.37. The zero-order chi connectivity index (χ0) is 21.0. The average molecular weight is 415 g/mol. The van der Waals surface area contributed by atoms with Crippen molar-refractivity contribution in [1.82, 2.24) is 10.2 Å². The third kappa shape index (κ3) is 4.85. The summed E-state index contributed by atoms with van der Waals surface area (Å²) < 4.78 is 22.0. The van der Waals surface area contributed by atoms with Crippen LogP contribution in [0.25, 0.3) is 11.5 Å². The average Bonchev–Trinajstić information content (AvgIpc) is 3.19. The Morgan fingerprint density at radius 1 is 0.897 bits per heavy atom. The Bertz CT molecular complexity index is 937. The van der Waals surface area contributed by atoms with E-state index >= 15 is 0 Å². The zero-order valence-electron chi connectivity index (χ0n) is 17.6. The molecule has 0 amide bonds. The number of thioether (sulfide) groups is 1. The third-order valence-electron chi connectivity index (χ3n) is 4.50. The molecule has 0 atom stereocenters. The van der Waals surface area contributed by atoms with Crippen molar-refractivity contribution in [3.05, 3.63) is 47.5 Å². The molecule has 29 heavy (non-hydrogen) atoms. The minimum atomic E-state index is 0.146. The van der Waals surface area contributed by atoms with Crippen LogP contribution in [0.15, 0.2) is 46.0 Å². The maximum atomic E-state index is 5.83. The Balaban J connectivity index is 1.74. The molecule has 0 unspecified atom stereocenters. The number of hydrogen-bond acceptors (Lipinski definition) is 7. The Morgan fingerprint density at radius 3 is 2.03 bits per heavy atom. The number of aromatic nitrogens is 2. The highest BCUT2D eigenvalue weighted by atomic mass is 32.2. The lowest BCUT2D eigenvalue weighted by Crippen LogP contribution is -2.10. The van der Waals surface area contributed by atoms with Crippen molar-refractivity contribution in [2.45, 2.75) is 37.2 Å². The first-order valence-corrected chi connectivity index (χ1v) is 10.2. The summed E-state index contributed by atoms with van der Waals surface area (Å²) in [6.07, 6.45) is 0.